The van der Waals surface area contributed by atoms with Crippen molar-refractivity contribution in [2.75, 3.05) is 37.5 Å². The van der Waals surface area contributed by atoms with E-state index in [0.29, 0.717) is 0 Å². The average Bonchev–Trinajstić information content (AvgIpc) is 2.49. The molecule has 0 atom stereocenters. The van der Waals surface area contributed by atoms with Crippen LogP contribution in [0.5, 0.6) is 5.75 Å². The number of likely N-dealkylation sites (N-methyl/N-ethyl adjacent to an activating group) is 1. The highest BCUT2D eigenvalue weighted by Crippen LogP contribution is 2.19. The van der Waals surface area contributed by atoms with Gasteiger partial charge in [-0.25, -0.2) is 4.39 Å². The Hall–Kier alpha value is -2.23. The van der Waals surface area contributed by atoms with Crippen LogP contribution in [0.4, 0.5) is 15.8 Å². The molecule has 0 amide bonds. The fourth-order valence-corrected chi connectivity index (χ4v) is 1.91. The molecule has 0 saturated heterocycles. The number of nitrogens with zero attached hydrogens (tertiary/aromatic N) is 1. The molecule has 2 rings (SSSR count). The van der Waals surface area contributed by atoms with E-state index in [0.717, 1.165) is 30.2 Å². The third-order valence-corrected chi connectivity index (χ3v) is 3.11. The molecule has 0 aliphatic carbocycles. The van der Waals surface area contributed by atoms with E-state index >= 15 is 0 Å². The maximum Gasteiger partial charge on any atom is 0.123 e. The highest BCUT2D eigenvalue weighted by Gasteiger charge is 2.02. The van der Waals surface area contributed by atoms with Gasteiger partial charge < -0.3 is 15.0 Å². The highest BCUT2D eigenvalue weighted by molar-refractivity contribution is 5.50. The second-order valence-electron chi connectivity index (χ2n) is 4.56. The topological polar surface area (TPSA) is 24.5 Å². The summed E-state index contributed by atoms with van der Waals surface area (Å²) in [5, 5.41) is 3.26. The van der Waals surface area contributed by atoms with Crippen LogP contribution < -0.4 is 15.0 Å². The number of anilines is 2. The van der Waals surface area contributed by atoms with Gasteiger partial charge in [0.05, 0.1) is 7.11 Å². The Labute approximate surface area is 119 Å². The van der Waals surface area contributed by atoms with Crippen LogP contribution >= 0.6 is 0 Å². The molecule has 4 heteroatoms. The molecule has 0 spiro atoms. The standard InChI is InChI=1S/C16H19FN2O/c1-19(15-4-3-5-16(12-15)20-2)11-10-18-14-8-6-13(17)7-9-14/h3-9,12,18H,10-11H2,1-2H3. The van der Waals surface area contributed by atoms with Crippen molar-refractivity contribution in [3.05, 3.63) is 54.3 Å². The molecule has 20 heavy (non-hydrogen) atoms. The molecule has 0 bridgehead atoms. The Bertz CT molecular complexity index is 542. The van der Waals surface area contributed by atoms with Crippen molar-refractivity contribution in [2.24, 2.45) is 0 Å². The first-order valence-corrected chi connectivity index (χ1v) is 6.53. The van der Waals surface area contributed by atoms with E-state index in [9.17, 15) is 4.39 Å². The molecule has 0 saturated carbocycles. The maximum atomic E-state index is 12.8. The zero-order chi connectivity index (χ0) is 14.4. The Morgan fingerprint density at radius 1 is 1.15 bits per heavy atom. The summed E-state index contributed by atoms with van der Waals surface area (Å²) in [4.78, 5) is 2.14. The van der Waals surface area contributed by atoms with Gasteiger partial charge >= 0.3 is 0 Å². The monoisotopic (exact) mass is 274 g/mol. The lowest BCUT2D eigenvalue weighted by atomic mass is 10.2. The van der Waals surface area contributed by atoms with Gasteiger partial charge in [0.15, 0.2) is 0 Å². The van der Waals surface area contributed by atoms with Gasteiger partial charge in [0.1, 0.15) is 11.6 Å². The summed E-state index contributed by atoms with van der Waals surface area (Å²) in [6, 6.07) is 14.3. The zero-order valence-electron chi connectivity index (χ0n) is 11.8. The minimum absolute atomic E-state index is 0.218. The smallest absolute Gasteiger partial charge is 0.123 e. The van der Waals surface area contributed by atoms with Gasteiger partial charge in [-0.05, 0) is 36.4 Å². The van der Waals surface area contributed by atoms with Crippen LogP contribution in [-0.2, 0) is 0 Å². The van der Waals surface area contributed by atoms with Crippen molar-refractivity contribution in [1.29, 1.82) is 0 Å². The van der Waals surface area contributed by atoms with Crippen LogP contribution in [0.2, 0.25) is 0 Å². The number of rotatable bonds is 6. The summed E-state index contributed by atoms with van der Waals surface area (Å²) >= 11 is 0. The minimum Gasteiger partial charge on any atom is -0.497 e. The minimum atomic E-state index is -0.218. The van der Waals surface area contributed by atoms with Gasteiger partial charge in [-0.2, -0.15) is 0 Å². The van der Waals surface area contributed by atoms with Gasteiger partial charge in [0, 0.05) is 37.6 Å². The number of ether oxygens (including phenoxy) is 1. The van der Waals surface area contributed by atoms with Crippen LogP contribution in [-0.4, -0.2) is 27.2 Å². The second kappa shape index (κ2) is 6.80. The van der Waals surface area contributed by atoms with E-state index < -0.39 is 0 Å². The van der Waals surface area contributed by atoms with Crippen LogP contribution in [0.15, 0.2) is 48.5 Å². The molecule has 0 aliphatic rings. The van der Waals surface area contributed by atoms with Gasteiger partial charge in [-0.1, -0.05) is 6.07 Å². The van der Waals surface area contributed by atoms with Crippen molar-refractivity contribution in [3.8, 4) is 5.75 Å². The molecule has 0 unspecified atom stereocenters. The van der Waals surface area contributed by atoms with E-state index in [4.69, 9.17) is 4.74 Å². The molecule has 1 N–H and O–H groups in total. The summed E-state index contributed by atoms with van der Waals surface area (Å²) in [6.07, 6.45) is 0. The first-order chi connectivity index (χ1) is 9.69. The lowest BCUT2D eigenvalue weighted by molar-refractivity contribution is 0.415. The predicted molar refractivity (Wildman–Crippen MR) is 81.2 cm³/mol. The molecule has 0 heterocycles. The Kier molecular flexibility index (Phi) is 4.82. The van der Waals surface area contributed by atoms with E-state index in [1.165, 1.54) is 12.1 Å². The van der Waals surface area contributed by atoms with E-state index in [1.54, 1.807) is 19.2 Å². The SMILES string of the molecule is COc1cccc(N(C)CCNc2ccc(F)cc2)c1. The van der Waals surface area contributed by atoms with Crippen LogP contribution in [0.25, 0.3) is 0 Å². The van der Waals surface area contributed by atoms with Gasteiger partial charge in [0.2, 0.25) is 0 Å². The molecule has 0 aliphatic heterocycles. The fraction of sp³-hybridized carbons (Fsp3) is 0.250. The Balaban J connectivity index is 1.85. The van der Waals surface area contributed by atoms with Crippen molar-refractivity contribution in [3.63, 3.8) is 0 Å². The molecule has 106 valence electrons. The maximum absolute atomic E-state index is 12.8. The summed E-state index contributed by atoms with van der Waals surface area (Å²) in [5.74, 6) is 0.630. The molecular weight excluding hydrogens is 255 g/mol. The molecule has 0 fully saturated rings. The highest BCUT2D eigenvalue weighted by atomic mass is 19.1. The molecule has 0 aromatic heterocycles. The average molecular weight is 274 g/mol. The zero-order valence-corrected chi connectivity index (χ0v) is 11.8. The molecule has 2 aromatic rings. The van der Waals surface area contributed by atoms with Gasteiger partial charge in [-0.3, -0.25) is 0 Å². The Morgan fingerprint density at radius 3 is 2.60 bits per heavy atom. The first kappa shape index (κ1) is 14.2. The first-order valence-electron chi connectivity index (χ1n) is 6.53. The van der Waals surface area contributed by atoms with Crippen LogP contribution in [0.3, 0.4) is 0 Å². The van der Waals surface area contributed by atoms with Gasteiger partial charge in [0.25, 0.3) is 0 Å². The quantitative estimate of drug-likeness (QED) is 0.874. The predicted octanol–water partition coefficient (Wildman–Crippen LogP) is 3.38. The molecule has 2 aromatic carbocycles. The van der Waals surface area contributed by atoms with E-state index in [2.05, 4.69) is 10.2 Å². The lowest BCUT2D eigenvalue weighted by Crippen LogP contribution is -2.24. The van der Waals surface area contributed by atoms with Crippen molar-refractivity contribution >= 4 is 11.4 Å². The van der Waals surface area contributed by atoms with Crippen molar-refractivity contribution in [2.45, 2.75) is 0 Å². The van der Waals surface area contributed by atoms with Crippen molar-refractivity contribution < 1.29 is 9.13 Å². The van der Waals surface area contributed by atoms with E-state index in [-0.39, 0.29) is 5.82 Å². The molecule has 0 radical (unpaired) electrons. The number of methoxy groups -OCH3 is 1. The summed E-state index contributed by atoms with van der Waals surface area (Å²) in [7, 11) is 3.69. The summed E-state index contributed by atoms with van der Waals surface area (Å²) < 4.78 is 18.0. The number of halogens is 1. The number of nitrogens with one attached hydrogen (secondary N) is 1. The molecular formula is C16H19FN2O. The third kappa shape index (κ3) is 3.88. The fourth-order valence-electron chi connectivity index (χ4n) is 1.91. The van der Waals surface area contributed by atoms with Crippen LogP contribution in [0, 0.1) is 5.82 Å². The number of hydrogen-bond acceptors (Lipinski definition) is 3. The van der Waals surface area contributed by atoms with Crippen molar-refractivity contribution in [1.82, 2.24) is 0 Å². The van der Waals surface area contributed by atoms with Gasteiger partial charge in [-0.15, -0.1) is 0 Å². The largest absolute Gasteiger partial charge is 0.497 e. The summed E-state index contributed by atoms with van der Waals surface area (Å²) in [5.41, 5.74) is 2.02. The van der Waals surface area contributed by atoms with Crippen LogP contribution in [0.1, 0.15) is 0 Å². The lowest BCUT2D eigenvalue weighted by Gasteiger charge is -2.20. The summed E-state index contributed by atoms with van der Waals surface area (Å²) in [6.45, 7) is 1.61. The van der Waals surface area contributed by atoms with E-state index in [1.807, 2.05) is 31.3 Å². The number of hydrogen-bond donors (Lipinski definition) is 1. The second-order valence-corrected chi connectivity index (χ2v) is 4.56. The molecule has 3 nitrogen and oxygen atoms in total. The third-order valence-electron chi connectivity index (χ3n) is 3.11. The Morgan fingerprint density at radius 2 is 1.90 bits per heavy atom. The normalized spacial score (nSPS) is 10.2. The number of benzene rings is 2.